The van der Waals surface area contributed by atoms with Crippen LogP contribution in [0.25, 0.3) is 10.9 Å². The Labute approximate surface area is 182 Å². The molecule has 1 aromatic carbocycles. The quantitative estimate of drug-likeness (QED) is 0.341. The van der Waals surface area contributed by atoms with Crippen molar-refractivity contribution in [1.82, 2.24) is 25.1 Å². The summed E-state index contributed by atoms with van der Waals surface area (Å²) < 4.78 is 34.9. The highest BCUT2D eigenvalue weighted by atomic mass is 19.1. The average Bonchev–Trinajstić information content (AvgIpc) is 3.35. The summed E-state index contributed by atoms with van der Waals surface area (Å²) in [6.07, 6.45) is 3.39. The predicted octanol–water partition coefficient (Wildman–Crippen LogP) is 5.16. The molecule has 8 nitrogen and oxygen atoms in total. The van der Waals surface area contributed by atoms with Crippen molar-refractivity contribution in [3.05, 3.63) is 65.9 Å². The lowest BCUT2D eigenvalue weighted by Crippen LogP contribution is -2.02. The van der Waals surface area contributed by atoms with Crippen molar-refractivity contribution in [2.24, 2.45) is 5.73 Å². The Kier molecular flexibility index (Phi) is 5.76. The fourth-order valence-electron chi connectivity index (χ4n) is 3.11. The van der Waals surface area contributed by atoms with Crippen LogP contribution in [-0.2, 0) is 0 Å². The van der Waals surface area contributed by atoms with Crippen molar-refractivity contribution in [2.75, 3.05) is 5.32 Å². The van der Waals surface area contributed by atoms with Gasteiger partial charge in [-0.2, -0.15) is 14.5 Å². The first-order valence-corrected chi connectivity index (χ1v) is 10.0. The summed E-state index contributed by atoms with van der Waals surface area (Å²) >= 11 is 0. The molecule has 0 amide bonds. The van der Waals surface area contributed by atoms with E-state index in [-0.39, 0.29) is 17.4 Å². The summed E-state index contributed by atoms with van der Waals surface area (Å²) in [6.45, 7) is 6.91. The third-order valence-corrected chi connectivity index (χ3v) is 4.66. The van der Waals surface area contributed by atoms with E-state index in [1.54, 1.807) is 19.1 Å². The standard InChI is InChI=1S/C19H16F2N6O.C3H7N/c1-9-6-11-12(24-9)4-5-14(16(11)20)28-19-17(21)18(22-8-23-19)25-15-7-13(26-27-15)10-2-3-10;1-3(2)4/h4-8,10,24H,2-3H2,1H3,(H2,22,23,25,26,27);1,4H2,2H3. The number of rotatable bonds is 5. The maximum absolute atomic E-state index is 14.8. The van der Waals surface area contributed by atoms with Gasteiger partial charge in [0.2, 0.25) is 5.82 Å². The van der Waals surface area contributed by atoms with E-state index in [2.05, 4.69) is 37.0 Å². The molecule has 3 heterocycles. The topological polar surface area (TPSA) is 118 Å². The number of nitrogens with one attached hydrogen (secondary N) is 3. The van der Waals surface area contributed by atoms with Gasteiger partial charge in [0.15, 0.2) is 23.2 Å². The predicted molar refractivity (Wildman–Crippen MR) is 118 cm³/mol. The Morgan fingerprint density at radius 3 is 2.69 bits per heavy atom. The lowest BCUT2D eigenvalue weighted by molar-refractivity contribution is 0.400. The molecule has 4 aromatic rings. The highest BCUT2D eigenvalue weighted by Gasteiger charge is 2.26. The Bertz CT molecular complexity index is 1270. The van der Waals surface area contributed by atoms with E-state index >= 15 is 0 Å². The number of ether oxygens (including phenoxy) is 1. The molecule has 5 N–H and O–H groups in total. The van der Waals surface area contributed by atoms with E-state index in [0.717, 1.165) is 30.6 Å². The van der Waals surface area contributed by atoms with Crippen LogP contribution in [0.3, 0.4) is 0 Å². The normalized spacial score (nSPS) is 12.9. The molecule has 10 heteroatoms. The molecule has 1 saturated carbocycles. The molecule has 0 unspecified atom stereocenters. The maximum atomic E-state index is 14.8. The Balaban J connectivity index is 0.000000567. The van der Waals surface area contributed by atoms with Gasteiger partial charge in [-0.1, -0.05) is 6.58 Å². The zero-order chi connectivity index (χ0) is 22.8. The zero-order valence-corrected chi connectivity index (χ0v) is 17.7. The second kappa shape index (κ2) is 8.66. The fraction of sp³-hybridized carbons (Fsp3) is 0.227. The van der Waals surface area contributed by atoms with Crippen LogP contribution < -0.4 is 15.8 Å². The number of aromatic nitrogens is 5. The maximum Gasteiger partial charge on any atom is 0.261 e. The second-order valence-electron chi connectivity index (χ2n) is 7.69. The Hall–Kier alpha value is -3.95. The molecule has 0 spiro atoms. The fourth-order valence-corrected chi connectivity index (χ4v) is 3.11. The molecule has 5 rings (SSSR count). The van der Waals surface area contributed by atoms with Crippen molar-refractivity contribution >= 4 is 22.5 Å². The lowest BCUT2D eigenvalue weighted by Gasteiger charge is -2.09. The van der Waals surface area contributed by atoms with Crippen molar-refractivity contribution in [3.8, 4) is 11.6 Å². The minimum atomic E-state index is -0.830. The molecule has 1 aliphatic carbocycles. The number of benzene rings is 1. The molecular formula is C22H23F2N7O. The number of nitrogens with zero attached hydrogens (tertiary/aromatic N) is 3. The van der Waals surface area contributed by atoms with Gasteiger partial charge in [-0.25, -0.2) is 9.37 Å². The van der Waals surface area contributed by atoms with Crippen LogP contribution in [0.1, 0.15) is 37.1 Å². The van der Waals surface area contributed by atoms with E-state index in [4.69, 9.17) is 10.5 Å². The van der Waals surface area contributed by atoms with Crippen LogP contribution in [0.2, 0.25) is 0 Å². The second-order valence-corrected chi connectivity index (χ2v) is 7.69. The summed E-state index contributed by atoms with van der Waals surface area (Å²) in [7, 11) is 0. The summed E-state index contributed by atoms with van der Waals surface area (Å²) in [5, 5.41) is 10.2. The number of nitrogens with two attached hydrogens (primary N) is 1. The first-order valence-electron chi connectivity index (χ1n) is 10.0. The molecule has 1 fully saturated rings. The average molecular weight is 439 g/mol. The number of H-pyrrole nitrogens is 2. The molecule has 3 aromatic heterocycles. The number of allylic oxidation sites excluding steroid dienone is 1. The van der Waals surface area contributed by atoms with Crippen LogP contribution in [0.5, 0.6) is 11.6 Å². The molecule has 0 atom stereocenters. The lowest BCUT2D eigenvalue weighted by atomic mass is 10.2. The van der Waals surface area contributed by atoms with Crippen molar-refractivity contribution in [3.63, 3.8) is 0 Å². The van der Waals surface area contributed by atoms with Gasteiger partial charge in [-0.15, -0.1) is 0 Å². The molecular weight excluding hydrogens is 416 g/mol. The minimum Gasteiger partial charge on any atom is -0.433 e. The SMILES string of the molecule is C=C(C)N.Cc1cc2c(F)c(Oc3ncnc(Nc4cc(C5CC5)[nH]n4)c3F)ccc2[nH]1. The summed E-state index contributed by atoms with van der Waals surface area (Å²) in [6, 6.07) is 6.58. The van der Waals surface area contributed by atoms with Gasteiger partial charge >= 0.3 is 0 Å². The first kappa shape index (κ1) is 21.3. The van der Waals surface area contributed by atoms with Gasteiger partial charge < -0.3 is 20.8 Å². The molecule has 0 radical (unpaired) electrons. The van der Waals surface area contributed by atoms with Crippen LogP contribution in [0, 0.1) is 18.6 Å². The van der Waals surface area contributed by atoms with Crippen molar-refractivity contribution < 1.29 is 13.5 Å². The molecule has 0 saturated heterocycles. The Morgan fingerprint density at radius 1 is 1.22 bits per heavy atom. The summed E-state index contributed by atoms with van der Waals surface area (Å²) in [5.74, 6) is -1.07. The first-order chi connectivity index (χ1) is 15.3. The van der Waals surface area contributed by atoms with Crippen LogP contribution >= 0.6 is 0 Å². The molecule has 0 bridgehead atoms. The highest BCUT2D eigenvalue weighted by molar-refractivity contribution is 5.82. The number of fused-ring (bicyclic) bond motifs is 1. The zero-order valence-electron chi connectivity index (χ0n) is 17.7. The number of hydrogen-bond donors (Lipinski definition) is 4. The highest BCUT2D eigenvalue weighted by Crippen LogP contribution is 2.40. The van der Waals surface area contributed by atoms with Gasteiger partial charge in [0, 0.05) is 34.3 Å². The summed E-state index contributed by atoms with van der Waals surface area (Å²) in [4.78, 5) is 10.7. The molecule has 166 valence electrons. The van der Waals surface area contributed by atoms with Gasteiger partial charge in [-0.3, -0.25) is 5.10 Å². The van der Waals surface area contributed by atoms with E-state index in [1.165, 1.54) is 6.07 Å². The van der Waals surface area contributed by atoms with E-state index in [1.807, 2.05) is 13.0 Å². The molecule has 0 aliphatic heterocycles. The Morgan fingerprint density at radius 2 is 1.97 bits per heavy atom. The minimum absolute atomic E-state index is 0.0992. The van der Waals surface area contributed by atoms with Crippen LogP contribution in [0.15, 0.2) is 42.9 Å². The van der Waals surface area contributed by atoms with Gasteiger partial charge in [-0.05, 0) is 50.6 Å². The third kappa shape index (κ3) is 4.69. The number of hydrogen-bond acceptors (Lipinski definition) is 6. The van der Waals surface area contributed by atoms with Gasteiger partial charge in [0.25, 0.3) is 5.88 Å². The van der Waals surface area contributed by atoms with Gasteiger partial charge in [0.05, 0.1) is 0 Å². The number of aryl methyl sites for hydroxylation is 1. The van der Waals surface area contributed by atoms with E-state index < -0.39 is 11.6 Å². The van der Waals surface area contributed by atoms with Crippen LogP contribution in [-0.4, -0.2) is 25.1 Å². The smallest absolute Gasteiger partial charge is 0.261 e. The monoisotopic (exact) mass is 439 g/mol. The van der Waals surface area contributed by atoms with E-state index in [9.17, 15) is 8.78 Å². The molecule has 32 heavy (non-hydrogen) atoms. The number of halogens is 2. The van der Waals surface area contributed by atoms with E-state index in [0.29, 0.717) is 28.3 Å². The van der Waals surface area contributed by atoms with Gasteiger partial charge in [0.1, 0.15) is 6.33 Å². The van der Waals surface area contributed by atoms with Crippen molar-refractivity contribution in [1.29, 1.82) is 0 Å². The summed E-state index contributed by atoms with van der Waals surface area (Å²) in [5.41, 5.74) is 8.04. The number of anilines is 2. The molecule has 1 aliphatic rings. The van der Waals surface area contributed by atoms with Crippen LogP contribution in [0.4, 0.5) is 20.4 Å². The third-order valence-electron chi connectivity index (χ3n) is 4.66. The van der Waals surface area contributed by atoms with Crippen molar-refractivity contribution in [2.45, 2.75) is 32.6 Å². The largest absolute Gasteiger partial charge is 0.433 e. The number of aromatic amines is 2.